The molecule has 0 atom stereocenters. The number of nitrogens with zero attached hydrogens (tertiary/aromatic N) is 2. The Morgan fingerprint density at radius 2 is 1.17 bits per heavy atom. The molecule has 5 heteroatoms. The minimum Gasteiger partial charge on any atom is -0.298 e. The number of nitrogens with two attached hydrogens (primary N) is 1. The molecule has 0 aromatic heterocycles. The molecular weight excluding hydrogens is 617 g/mol. The lowest BCUT2D eigenvalue weighted by atomic mass is 9.76. The van der Waals surface area contributed by atoms with E-state index < -0.39 is 5.54 Å². The number of benzene rings is 5. The molecule has 1 aliphatic heterocycles. The Hall–Kier alpha value is -3.60. The average molecular weight is 663 g/mol. The second-order valence-electron chi connectivity index (χ2n) is 13.8. The molecule has 2 N–H and O–H groups in total. The van der Waals surface area contributed by atoms with E-state index in [1.807, 2.05) is 23.2 Å². The van der Waals surface area contributed by atoms with Crippen molar-refractivity contribution in [2.75, 3.05) is 18.1 Å². The zero-order valence-electron chi connectivity index (χ0n) is 27.7. The highest BCUT2D eigenvalue weighted by Crippen LogP contribution is 2.45. The van der Waals surface area contributed by atoms with Gasteiger partial charge >= 0.3 is 0 Å². The summed E-state index contributed by atoms with van der Waals surface area (Å²) in [4.78, 5) is 2.62. The molecule has 5 aromatic rings. The molecule has 0 bridgehead atoms. The quantitative estimate of drug-likeness (QED) is 0.0969. The van der Waals surface area contributed by atoms with Crippen molar-refractivity contribution in [3.05, 3.63) is 160 Å². The Bertz CT molecular complexity index is 1640. The maximum absolute atomic E-state index is 7.57. The highest BCUT2D eigenvalue weighted by Gasteiger charge is 2.42. The Balaban J connectivity index is 1.48. The first kappa shape index (κ1) is 33.3. The van der Waals surface area contributed by atoms with Gasteiger partial charge in [0.2, 0.25) is 0 Å². The Kier molecular flexibility index (Phi) is 10.1. The first-order valence-corrected chi connectivity index (χ1v) is 17.5. The third-order valence-electron chi connectivity index (χ3n) is 9.91. The number of hydrazine groups is 1. The summed E-state index contributed by atoms with van der Waals surface area (Å²) >= 11 is 13.5. The summed E-state index contributed by atoms with van der Waals surface area (Å²) in [5.41, 5.74) is 6.73. The first-order chi connectivity index (χ1) is 22.7. The third-order valence-corrected chi connectivity index (χ3v) is 10.5. The fraction of sp³-hybridized carbons (Fsp3) is 0.286. The molecule has 1 fully saturated rings. The molecule has 0 radical (unpaired) electrons. The number of hydrogen-bond donors (Lipinski definition) is 1. The SMILES string of the molecule is CC(C)(C)N1CCC(CCc2cc(-c3c(Cl)cccc3Cl)ccc2N(N)C(c2ccccc2)(c2ccccc2)c2ccccc2)CC1. The van der Waals surface area contributed by atoms with Crippen molar-refractivity contribution in [2.24, 2.45) is 11.8 Å². The van der Waals surface area contributed by atoms with Gasteiger partial charge in [0.15, 0.2) is 0 Å². The highest BCUT2D eigenvalue weighted by molar-refractivity contribution is 6.39. The largest absolute Gasteiger partial charge is 0.298 e. The zero-order valence-corrected chi connectivity index (χ0v) is 29.2. The highest BCUT2D eigenvalue weighted by atomic mass is 35.5. The van der Waals surface area contributed by atoms with E-state index in [1.54, 1.807) is 0 Å². The smallest absolute Gasteiger partial charge is 0.131 e. The maximum Gasteiger partial charge on any atom is 0.131 e. The van der Waals surface area contributed by atoms with Crippen molar-refractivity contribution in [1.29, 1.82) is 0 Å². The van der Waals surface area contributed by atoms with E-state index in [4.69, 9.17) is 29.0 Å². The van der Waals surface area contributed by atoms with Crippen molar-refractivity contribution >= 4 is 28.9 Å². The molecule has 1 saturated heterocycles. The van der Waals surface area contributed by atoms with Crippen LogP contribution in [0.15, 0.2) is 127 Å². The van der Waals surface area contributed by atoms with Crippen LogP contribution in [0.1, 0.15) is 62.3 Å². The van der Waals surface area contributed by atoms with Gasteiger partial charge in [-0.2, -0.15) is 0 Å². The molecule has 6 rings (SSSR count). The Morgan fingerprint density at radius 1 is 0.681 bits per heavy atom. The van der Waals surface area contributed by atoms with Gasteiger partial charge in [-0.1, -0.05) is 126 Å². The van der Waals surface area contributed by atoms with Crippen molar-refractivity contribution in [3.63, 3.8) is 0 Å². The van der Waals surface area contributed by atoms with Crippen LogP contribution in [0, 0.1) is 5.92 Å². The van der Waals surface area contributed by atoms with Gasteiger partial charge in [0, 0.05) is 21.1 Å². The number of likely N-dealkylation sites (tertiary alicyclic amines) is 1. The van der Waals surface area contributed by atoms with Crippen LogP contribution in [-0.4, -0.2) is 23.5 Å². The summed E-state index contributed by atoms with van der Waals surface area (Å²) in [6, 6.07) is 44.1. The van der Waals surface area contributed by atoms with Gasteiger partial charge in [0.05, 0.1) is 5.69 Å². The van der Waals surface area contributed by atoms with Gasteiger partial charge in [0.1, 0.15) is 5.54 Å². The van der Waals surface area contributed by atoms with Crippen molar-refractivity contribution in [1.82, 2.24) is 4.90 Å². The van der Waals surface area contributed by atoms with Crippen molar-refractivity contribution in [3.8, 4) is 11.1 Å². The summed E-state index contributed by atoms with van der Waals surface area (Å²) in [6.45, 7) is 9.23. The predicted molar refractivity (Wildman–Crippen MR) is 200 cm³/mol. The minimum atomic E-state index is -0.792. The monoisotopic (exact) mass is 661 g/mol. The van der Waals surface area contributed by atoms with Gasteiger partial charge in [0.25, 0.3) is 0 Å². The number of halogens is 2. The first-order valence-electron chi connectivity index (χ1n) is 16.7. The van der Waals surface area contributed by atoms with Gasteiger partial charge < -0.3 is 0 Å². The Labute approximate surface area is 290 Å². The number of aryl methyl sites for hydroxylation is 1. The molecule has 1 heterocycles. The lowest BCUT2D eigenvalue weighted by Crippen LogP contribution is -2.53. The van der Waals surface area contributed by atoms with E-state index in [1.165, 1.54) is 18.4 Å². The van der Waals surface area contributed by atoms with Crippen LogP contribution in [0.5, 0.6) is 0 Å². The number of hydrogen-bond acceptors (Lipinski definition) is 3. The Morgan fingerprint density at radius 3 is 1.64 bits per heavy atom. The number of rotatable bonds is 9. The second-order valence-corrected chi connectivity index (χ2v) is 14.6. The molecule has 3 nitrogen and oxygen atoms in total. The molecular formula is C42H45Cl2N3. The second kappa shape index (κ2) is 14.3. The third kappa shape index (κ3) is 6.87. The summed E-state index contributed by atoms with van der Waals surface area (Å²) in [6.07, 6.45) is 4.40. The standard InChI is InChI=1S/C42H45Cl2N3/c1-41(2,3)46-28-26-31(27-29-46)22-23-32-30-33(40-37(43)20-13-21-38(40)44)24-25-39(32)47(45)42(34-14-7-4-8-15-34,35-16-9-5-10-17-35)36-18-11-6-12-19-36/h4-21,24-25,30-31H,22-23,26-29,45H2,1-3H3. The van der Waals surface area contributed by atoms with Gasteiger partial charge in [-0.15, -0.1) is 0 Å². The molecule has 0 unspecified atom stereocenters. The van der Waals surface area contributed by atoms with Gasteiger partial charge in [-0.05, 0) is 118 Å². The fourth-order valence-corrected chi connectivity index (χ4v) is 7.95. The van der Waals surface area contributed by atoms with E-state index >= 15 is 0 Å². The van der Waals surface area contributed by atoms with Crippen LogP contribution in [0.4, 0.5) is 5.69 Å². The van der Waals surface area contributed by atoms with Crippen LogP contribution in [0.3, 0.4) is 0 Å². The molecule has 1 aliphatic rings. The van der Waals surface area contributed by atoms with E-state index in [-0.39, 0.29) is 5.54 Å². The number of piperidine rings is 1. The van der Waals surface area contributed by atoms with Crippen LogP contribution < -0.4 is 10.9 Å². The fourth-order valence-electron chi connectivity index (χ4n) is 7.34. The molecule has 5 aromatic carbocycles. The lowest BCUT2D eigenvalue weighted by Gasteiger charge is -2.45. The summed E-state index contributed by atoms with van der Waals surface area (Å²) in [7, 11) is 0. The summed E-state index contributed by atoms with van der Waals surface area (Å²) in [5.74, 6) is 8.22. The van der Waals surface area contributed by atoms with Crippen molar-refractivity contribution < 1.29 is 0 Å². The lowest BCUT2D eigenvalue weighted by molar-refractivity contribution is 0.0855. The van der Waals surface area contributed by atoms with E-state index in [0.29, 0.717) is 16.0 Å². The normalized spacial score (nSPS) is 14.7. The summed E-state index contributed by atoms with van der Waals surface area (Å²) < 4.78 is 0. The minimum absolute atomic E-state index is 0.205. The van der Waals surface area contributed by atoms with E-state index in [2.05, 4.69) is 135 Å². The van der Waals surface area contributed by atoms with Crippen LogP contribution in [0.2, 0.25) is 10.0 Å². The molecule has 0 aliphatic carbocycles. The van der Waals surface area contributed by atoms with Gasteiger partial charge in [-0.25, -0.2) is 5.84 Å². The van der Waals surface area contributed by atoms with Crippen molar-refractivity contribution in [2.45, 2.75) is 57.5 Å². The molecule has 0 spiro atoms. The topological polar surface area (TPSA) is 32.5 Å². The molecule has 242 valence electrons. The van der Waals surface area contributed by atoms with Crippen LogP contribution in [0.25, 0.3) is 11.1 Å². The molecule has 0 saturated carbocycles. The van der Waals surface area contributed by atoms with Gasteiger partial charge in [-0.3, -0.25) is 9.91 Å². The van der Waals surface area contributed by atoms with Crippen LogP contribution in [-0.2, 0) is 12.0 Å². The predicted octanol–water partition coefficient (Wildman–Crippen LogP) is 10.8. The summed E-state index contributed by atoms with van der Waals surface area (Å²) in [5, 5.41) is 3.29. The molecule has 47 heavy (non-hydrogen) atoms. The molecule has 0 amide bonds. The van der Waals surface area contributed by atoms with E-state index in [0.717, 1.165) is 59.4 Å². The number of anilines is 1. The van der Waals surface area contributed by atoms with E-state index in [9.17, 15) is 0 Å². The van der Waals surface area contributed by atoms with Crippen LogP contribution >= 0.6 is 23.2 Å². The average Bonchev–Trinajstić information content (AvgIpc) is 3.09. The zero-order chi connectivity index (χ0) is 33.0. The maximum atomic E-state index is 7.57.